The number of hydrogen-bond donors (Lipinski definition) is 1. The number of rotatable bonds is 4. The Bertz CT molecular complexity index is 1070. The highest BCUT2D eigenvalue weighted by molar-refractivity contribution is 5.97. The largest absolute Gasteiger partial charge is 0.314 e. The summed E-state index contributed by atoms with van der Waals surface area (Å²) in [6, 6.07) is 9.40. The Kier molecular flexibility index (Phi) is 8.26. The van der Waals surface area contributed by atoms with Crippen molar-refractivity contribution in [1.29, 1.82) is 0 Å². The summed E-state index contributed by atoms with van der Waals surface area (Å²) in [5, 5.41) is 3.36. The van der Waals surface area contributed by atoms with Crippen molar-refractivity contribution in [2.24, 2.45) is 0 Å². The zero-order valence-corrected chi connectivity index (χ0v) is 22.2. The summed E-state index contributed by atoms with van der Waals surface area (Å²) in [5.41, 5.74) is 0.599. The Balaban J connectivity index is 0.000000396. The van der Waals surface area contributed by atoms with Gasteiger partial charge in [-0.2, -0.15) is 8.78 Å². The third-order valence-electron chi connectivity index (χ3n) is 7.36. The van der Waals surface area contributed by atoms with Crippen molar-refractivity contribution >= 4 is 11.6 Å². The van der Waals surface area contributed by atoms with Crippen LogP contribution in [-0.2, 0) is 16.1 Å². The summed E-state index contributed by atoms with van der Waals surface area (Å²) in [6.07, 6.45) is 1.70. The van der Waals surface area contributed by atoms with Crippen LogP contribution in [0, 0.1) is 0 Å². The van der Waals surface area contributed by atoms with E-state index in [0.717, 1.165) is 38.2 Å². The van der Waals surface area contributed by atoms with Crippen LogP contribution in [0.25, 0.3) is 0 Å². The van der Waals surface area contributed by atoms with Gasteiger partial charge in [-0.3, -0.25) is 14.7 Å². The van der Waals surface area contributed by atoms with Crippen LogP contribution in [0.15, 0.2) is 42.6 Å². The molecule has 5 rings (SSSR count). The number of nitrogens with zero attached hydrogens (tertiary/aromatic N) is 4. The van der Waals surface area contributed by atoms with Crippen molar-refractivity contribution < 1.29 is 18.0 Å². The smallest absolute Gasteiger partial charge is 0.312 e. The lowest BCUT2D eigenvalue weighted by atomic mass is 9.88. The highest BCUT2D eigenvalue weighted by Crippen LogP contribution is 2.43. The van der Waals surface area contributed by atoms with Gasteiger partial charge in [-0.25, -0.2) is 4.39 Å². The van der Waals surface area contributed by atoms with E-state index in [1.807, 2.05) is 25.8 Å². The van der Waals surface area contributed by atoms with Crippen LogP contribution in [-0.4, -0.2) is 85.8 Å². The highest BCUT2D eigenvalue weighted by Gasteiger charge is 2.42. The summed E-state index contributed by atoms with van der Waals surface area (Å²) in [6.45, 7) is 10.9. The second-order valence-corrected chi connectivity index (χ2v) is 11.1. The first-order valence-electron chi connectivity index (χ1n) is 13.0. The Hall–Kier alpha value is -2.49. The van der Waals surface area contributed by atoms with Gasteiger partial charge < -0.3 is 15.1 Å². The normalized spacial score (nSPS) is 23.9. The predicted octanol–water partition coefficient (Wildman–Crippen LogP) is 3.80. The molecule has 0 bridgehead atoms. The molecule has 2 saturated heterocycles. The number of piperazine rings is 1. The van der Waals surface area contributed by atoms with E-state index < -0.39 is 12.1 Å². The molecule has 1 amide bonds. The van der Waals surface area contributed by atoms with Crippen molar-refractivity contribution in [3.8, 4) is 0 Å². The molecule has 3 aliphatic heterocycles. The first-order chi connectivity index (χ1) is 17.5. The quantitative estimate of drug-likeness (QED) is 0.669. The van der Waals surface area contributed by atoms with Crippen molar-refractivity contribution in [3.05, 3.63) is 59.4 Å². The Morgan fingerprint density at radius 2 is 1.92 bits per heavy atom. The highest BCUT2D eigenvalue weighted by atomic mass is 19.3. The Morgan fingerprint density at radius 3 is 2.51 bits per heavy atom. The molecule has 9 heteroatoms. The average molecular weight is 518 g/mol. The van der Waals surface area contributed by atoms with Crippen LogP contribution in [0.3, 0.4) is 0 Å². The minimum atomic E-state index is -3.23. The number of carbonyl (C=O) groups excluding carboxylic acids is 1. The number of carbonyl (C=O) groups is 1. The zero-order valence-electron chi connectivity index (χ0n) is 22.2. The van der Waals surface area contributed by atoms with Crippen LogP contribution in [0.1, 0.15) is 44.0 Å². The standard InChI is InChI=1S/C23H28F2N4O.C5H10FN/c1-16-13-28(10-9-26-16)14-21(30)29-15-22(2,3)18-12-27-20(11-19(18)29)23(24,25)17-7-5-4-6-8-17;1-7-3-2-5(6)4-7/h4-8,11-12,16,26H,9-10,13-15H2,1-3H3;5H,2-4H2,1H3/t16-;5-/m11/s1. The van der Waals surface area contributed by atoms with Gasteiger partial charge in [0.2, 0.25) is 5.91 Å². The lowest BCUT2D eigenvalue weighted by molar-refractivity contribution is -0.120. The summed E-state index contributed by atoms with van der Waals surface area (Å²) in [7, 11) is 1.94. The number of fused-ring (bicyclic) bond motifs is 1. The Labute approximate surface area is 217 Å². The molecular formula is C28H38F3N5O. The molecule has 2 atom stereocenters. The van der Waals surface area contributed by atoms with Crippen molar-refractivity contribution in [1.82, 2.24) is 20.1 Å². The predicted molar refractivity (Wildman–Crippen MR) is 140 cm³/mol. The van der Waals surface area contributed by atoms with Crippen LogP contribution < -0.4 is 10.2 Å². The van der Waals surface area contributed by atoms with Gasteiger partial charge in [-0.1, -0.05) is 44.2 Å². The molecule has 2 fully saturated rings. The molecule has 0 unspecified atom stereocenters. The van der Waals surface area contributed by atoms with E-state index in [1.54, 1.807) is 23.1 Å². The number of halogens is 3. The van der Waals surface area contributed by atoms with Crippen LogP contribution in [0.4, 0.5) is 18.9 Å². The maximum atomic E-state index is 15.1. The molecule has 3 aliphatic rings. The monoisotopic (exact) mass is 517 g/mol. The van der Waals surface area contributed by atoms with E-state index >= 15 is 8.78 Å². The van der Waals surface area contributed by atoms with E-state index in [-0.39, 0.29) is 29.1 Å². The lowest BCUT2D eigenvalue weighted by Crippen LogP contribution is -2.52. The molecule has 6 nitrogen and oxygen atoms in total. The fourth-order valence-corrected chi connectivity index (χ4v) is 5.26. The molecule has 2 aromatic rings. The average Bonchev–Trinajstić information content (AvgIpc) is 3.37. The second kappa shape index (κ2) is 11.1. The SMILES string of the molecule is CN1CC[C@@H](F)C1.C[C@@H]1CN(CC(=O)N2CC(C)(C)c3cnc(C(F)(F)c4ccccc4)cc32)CCN1. The number of anilines is 1. The summed E-state index contributed by atoms with van der Waals surface area (Å²) < 4.78 is 42.4. The van der Waals surface area contributed by atoms with E-state index in [1.165, 1.54) is 24.4 Å². The fraction of sp³-hybridized carbons (Fsp3) is 0.571. The first kappa shape index (κ1) is 27.5. The van der Waals surface area contributed by atoms with Crippen LogP contribution >= 0.6 is 0 Å². The number of hydrogen-bond acceptors (Lipinski definition) is 5. The summed E-state index contributed by atoms with van der Waals surface area (Å²) >= 11 is 0. The number of nitrogens with one attached hydrogen (secondary N) is 1. The van der Waals surface area contributed by atoms with Crippen molar-refractivity contribution in [3.63, 3.8) is 0 Å². The molecule has 1 aromatic heterocycles. The van der Waals surface area contributed by atoms with Crippen LogP contribution in [0.2, 0.25) is 0 Å². The fourth-order valence-electron chi connectivity index (χ4n) is 5.26. The summed E-state index contributed by atoms with van der Waals surface area (Å²) in [5.74, 6) is -3.29. The van der Waals surface area contributed by atoms with E-state index in [4.69, 9.17) is 0 Å². The summed E-state index contributed by atoms with van der Waals surface area (Å²) in [4.78, 5) is 23.1. The number of amides is 1. The molecule has 0 aliphatic carbocycles. The van der Waals surface area contributed by atoms with Gasteiger partial charge in [0.1, 0.15) is 11.9 Å². The van der Waals surface area contributed by atoms with Gasteiger partial charge in [-0.05, 0) is 26.5 Å². The number of pyridine rings is 1. The topological polar surface area (TPSA) is 51.7 Å². The van der Waals surface area contributed by atoms with Crippen molar-refractivity contribution in [2.75, 3.05) is 57.8 Å². The third-order valence-corrected chi connectivity index (χ3v) is 7.36. The van der Waals surface area contributed by atoms with Gasteiger partial charge in [0.05, 0.1) is 12.2 Å². The molecule has 0 radical (unpaired) electrons. The zero-order chi connectivity index (χ0) is 26.8. The minimum absolute atomic E-state index is 0.0592. The number of likely N-dealkylation sites (tertiary alicyclic amines) is 1. The van der Waals surface area contributed by atoms with Crippen molar-refractivity contribution in [2.45, 2.75) is 50.7 Å². The van der Waals surface area contributed by atoms with Gasteiger partial charge in [0.25, 0.3) is 0 Å². The molecule has 1 aromatic carbocycles. The van der Waals surface area contributed by atoms with E-state index in [2.05, 4.69) is 22.1 Å². The van der Waals surface area contributed by atoms with Crippen LogP contribution in [0.5, 0.6) is 0 Å². The molecule has 202 valence electrons. The first-order valence-corrected chi connectivity index (χ1v) is 13.0. The van der Waals surface area contributed by atoms with Gasteiger partial charge in [0.15, 0.2) is 0 Å². The maximum absolute atomic E-state index is 15.1. The number of benzene rings is 1. The minimum Gasteiger partial charge on any atom is -0.312 e. The Morgan fingerprint density at radius 1 is 1.19 bits per heavy atom. The molecule has 1 N–H and O–H groups in total. The van der Waals surface area contributed by atoms with Gasteiger partial charge >= 0.3 is 5.92 Å². The van der Waals surface area contributed by atoms with Gasteiger partial charge in [-0.15, -0.1) is 0 Å². The van der Waals surface area contributed by atoms with E-state index in [9.17, 15) is 9.18 Å². The van der Waals surface area contributed by atoms with Gasteiger partial charge in [0, 0.05) is 68.0 Å². The number of alkyl halides is 3. The van der Waals surface area contributed by atoms with E-state index in [0.29, 0.717) is 24.8 Å². The molecular weight excluding hydrogens is 479 g/mol. The molecule has 0 saturated carbocycles. The molecule has 0 spiro atoms. The maximum Gasteiger partial charge on any atom is 0.314 e. The third kappa shape index (κ3) is 6.33. The molecule has 4 heterocycles. The second-order valence-electron chi connectivity index (χ2n) is 11.1. The molecule has 37 heavy (non-hydrogen) atoms. The number of aromatic nitrogens is 1. The lowest BCUT2D eigenvalue weighted by Gasteiger charge is -2.32.